The molecule has 0 spiro atoms. The van der Waals surface area contributed by atoms with Crippen LogP contribution < -0.4 is 0 Å². The van der Waals surface area contributed by atoms with Crippen LogP contribution in [0.2, 0.25) is 0 Å². The number of hydrogen-bond donors (Lipinski definition) is 0. The molecule has 0 N–H and O–H groups in total. The maximum Gasteiger partial charge on any atom is 0.134 e. The van der Waals surface area contributed by atoms with Crippen LogP contribution in [0.3, 0.4) is 0 Å². The third kappa shape index (κ3) is 1.09. The number of nitrogens with zero attached hydrogens (tertiary/aromatic N) is 2. The van der Waals surface area contributed by atoms with Crippen LogP contribution in [0.25, 0.3) is 0 Å². The molecule has 0 aliphatic heterocycles. The summed E-state index contributed by atoms with van der Waals surface area (Å²) in [6.45, 7) is 1.38. The van der Waals surface area contributed by atoms with E-state index in [4.69, 9.17) is 0 Å². The van der Waals surface area contributed by atoms with Crippen molar-refractivity contribution in [2.24, 2.45) is 7.05 Å². The summed E-state index contributed by atoms with van der Waals surface area (Å²) in [6, 6.07) is 0. The van der Waals surface area contributed by atoms with Crippen LogP contribution in [0.15, 0.2) is 6.20 Å². The minimum absolute atomic E-state index is 0.466. The first-order chi connectivity index (χ1) is 4.24. The quantitative estimate of drug-likeness (QED) is 0.555. The lowest BCUT2D eigenvalue weighted by Crippen LogP contribution is -1.88. The fourth-order valence-electron chi connectivity index (χ4n) is 0.785. The summed E-state index contributed by atoms with van der Waals surface area (Å²) in [5, 5.41) is 3.87. The maximum absolute atomic E-state index is 11.9. The molecule has 0 radical (unpaired) electrons. The second-order valence-electron chi connectivity index (χ2n) is 2.07. The Labute approximate surface area is 53.3 Å². The molecule has 1 aromatic heterocycles. The fourth-order valence-corrected chi connectivity index (χ4v) is 0.785. The molecule has 1 rings (SSSR count). The van der Waals surface area contributed by atoms with E-state index in [1.807, 2.05) is 6.92 Å². The van der Waals surface area contributed by atoms with E-state index in [1.165, 1.54) is 0 Å². The summed E-state index contributed by atoms with van der Waals surface area (Å²) in [6.07, 6.45) is 1.80. The van der Waals surface area contributed by atoms with Gasteiger partial charge in [-0.1, -0.05) is 0 Å². The van der Waals surface area contributed by atoms with Crippen LogP contribution in [-0.2, 0) is 13.7 Å². The Morgan fingerprint density at radius 3 is 2.67 bits per heavy atom. The van der Waals surface area contributed by atoms with Gasteiger partial charge in [0.15, 0.2) is 0 Å². The van der Waals surface area contributed by atoms with E-state index in [9.17, 15) is 4.39 Å². The van der Waals surface area contributed by atoms with E-state index < -0.39 is 6.67 Å². The molecule has 0 fully saturated rings. The summed E-state index contributed by atoms with van der Waals surface area (Å²) in [4.78, 5) is 0. The lowest BCUT2D eigenvalue weighted by molar-refractivity contribution is 0.470. The zero-order valence-corrected chi connectivity index (χ0v) is 5.56. The lowest BCUT2D eigenvalue weighted by Gasteiger charge is -1.83. The molecule has 2 nitrogen and oxygen atoms in total. The highest BCUT2D eigenvalue weighted by molar-refractivity contribution is 5.13. The predicted octanol–water partition coefficient (Wildman–Crippen LogP) is 1.20. The van der Waals surface area contributed by atoms with Gasteiger partial charge in [0.1, 0.15) is 6.67 Å². The summed E-state index contributed by atoms with van der Waals surface area (Å²) in [5.74, 6) is 0. The number of aromatic nitrogens is 2. The van der Waals surface area contributed by atoms with E-state index in [1.54, 1.807) is 17.9 Å². The van der Waals surface area contributed by atoms with Crippen molar-refractivity contribution < 1.29 is 4.39 Å². The van der Waals surface area contributed by atoms with Gasteiger partial charge in [0.2, 0.25) is 0 Å². The monoisotopic (exact) mass is 128 g/mol. The average molecular weight is 128 g/mol. The molecule has 0 amide bonds. The second kappa shape index (κ2) is 2.17. The first-order valence-electron chi connectivity index (χ1n) is 2.79. The van der Waals surface area contributed by atoms with Gasteiger partial charge in [0, 0.05) is 13.2 Å². The van der Waals surface area contributed by atoms with Crippen LogP contribution >= 0.6 is 0 Å². The molecule has 0 unspecified atom stereocenters. The normalized spacial score (nSPS) is 10.1. The maximum atomic E-state index is 11.9. The molecule has 0 aromatic carbocycles. The fraction of sp³-hybridized carbons (Fsp3) is 0.500. The lowest BCUT2D eigenvalue weighted by atomic mass is 10.3. The largest absolute Gasteiger partial charge is 0.275 e. The van der Waals surface area contributed by atoms with Crippen LogP contribution in [0, 0.1) is 6.92 Å². The Bertz CT molecular complexity index is 205. The smallest absolute Gasteiger partial charge is 0.134 e. The summed E-state index contributed by atoms with van der Waals surface area (Å²) >= 11 is 0. The molecular weight excluding hydrogens is 119 g/mol. The molecule has 0 atom stereocenters. The van der Waals surface area contributed by atoms with Gasteiger partial charge in [-0.25, -0.2) is 4.39 Å². The van der Waals surface area contributed by atoms with Crippen molar-refractivity contribution in [1.29, 1.82) is 0 Å². The van der Waals surface area contributed by atoms with Crippen LogP contribution in [0.5, 0.6) is 0 Å². The first kappa shape index (κ1) is 6.26. The zero-order valence-electron chi connectivity index (χ0n) is 5.56. The Hall–Kier alpha value is -0.860. The highest BCUT2D eigenvalue weighted by atomic mass is 19.1. The Balaban J connectivity index is 3.01. The summed E-state index contributed by atoms with van der Waals surface area (Å²) in [5.41, 5.74) is 1.46. The molecule has 50 valence electrons. The molecule has 9 heavy (non-hydrogen) atoms. The van der Waals surface area contributed by atoms with E-state index in [-0.39, 0.29) is 0 Å². The van der Waals surface area contributed by atoms with Gasteiger partial charge in [-0.2, -0.15) is 5.10 Å². The van der Waals surface area contributed by atoms with Crippen molar-refractivity contribution >= 4 is 0 Å². The van der Waals surface area contributed by atoms with Crippen molar-refractivity contribution in [2.45, 2.75) is 13.6 Å². The minimum Gasteiger partial charge on any atom is -0.275 e. The van der Waals surface area contributed by atoms with Crippen molar-refractivity contribution in [3.63, 3.8) is 0 Å². The van der Waals surface area contributed by atoms with Gasteiger partial charge in [-0.05, 0) is 12.5 Å². The summed E-state index contributed by atoms with van der Waals surface area (Å²) in [7, 11) is 1.78. The second-order valence-corrected chi connectivity index (χ2v) is 2.07. The van der Waals surface area contributed by atoms with E-state index in [0.29, 0.717) is 5.69 Å². The minimum atomic E-state index is -0.466. The zero-order chi connectivity index (χ0) is 6.85. The highest BCUT2D eigenvalue weighted by Crippen LogP contribution is 2.04. The molecule has 0 aliphatic carbocycles. The van der Waals surface area contributed by atoms with Crippen molar-refractivity contribution in [2.75, 3.05) is 0 Å². The van der Waals surface area contributed by atoms with Gasteiger partial charge in [0.05, 0.1) is 5.69 Å². The number of aryl methyl sites for hydroxylation is 2. The molecule has 0 saturated carbocycles. The molecule has 1 aromatic rings. The Morgan fingerprint density at radius 1 is 1.78 bits per heavy atom. The van der Waals surface area contributed by atoms with Crippen LogP contribution in [0.1, 0.15) is 11.3 Å². The van der Waals surface area contributed by atoms with Crippen molar-refractivity contribution in [3.05, 3.63) is 17.5 Å². The Kier molecular flexibility index (Phi) is 1.51. The van der Waals surface area contributed by atoms with Crippen LogP contribution in [-0.4, -0.2) is 9.78 Å². The van der Waals surface area contributed by atoms with E-state index in [0.717, 1.165) is 5.56 Å². The molecular formula is C6H9FN2. The van der Waals surface area contributed by atoms with Crippen molar-refractivity contribution in [3.8, 4) is 0 Å². The van der Waals surface area contributed by atoms with Gasteiger partial charge in [-0.3, -0.25) is 4.68 Å². The topological polar surface area (TPSA) is 17.8 Å². The van der Waals surface area contributed by atoms with E-state index >= 15 is 0 Å². The molecule has 0 aliphatic rings. The van der Waals surface area contributed by atoms with Gasteiger partial charge >= 0.3 is 0 Å². The Morgan fingerprint density at radius 2 is 2.44 bits per heavy atom. The third-order valence-corrected chi connectivity index (χ3v) is 1.24. The third-order valence-electron chi connectivity index (χ3n) is 1.24. The number of rotatable bonds is 1. The number of halogens is 1. The molecule has 1 heterocycles. The first-order valence-corrected chi connectivity index (χ1v) is 2.79. The molecule has 3 heteroatoms. The van der Waals surface area contributed by atoms with Gasteiger partial charge < -0.3 is 0 Å². The van der Waals surface area contributed by atoms with Gasteiger partial charge in [0.25, 0.3) is 0 Å². The van der Waals surface area contributed by atoms with E-state index in [2.05, 4.69) is 5.10 Å². The standard InChI is InChI=1S/C6H9FN2/c1-5-4-9(2)8-6(5)3-7/h4H,3H2,1-2H3. The number of alkyl halides is 1. The van der Waals surface area contributed by atoms with Crippen molar-refractivity contribution in [1.82, 2.24) is 9.78 Å². The average Bonchev–Trinajstić information content (AvgIpc) is 2.10. The van der Waals surface area contributed by atoms with Crippen LogP contribution in [0.4, 0.5) is 4.39 Å². The van der Waals surface area contributed by atoms with Gasteiger partial charge in [-0.15, -0.1) is 0 Å². The molecule has 0 saturated heterocycles. The molecule has 0 bridgehead atoms. The predicted molar refractivity (Wildman–Crippen MR) is 32.8 cm³/mol. The number of hydrogen-bond acceptors (Lipinski definition) is 1. The summed E-state index contributed by atoms with van der Waals surface area (Å²) < 4.78 is 13.5. The SMILES string of the molecule is Cc1cn(C)nc1CF. The highest BCUT2D eigenvalue weighted by Gasteiger charge is 1.99.